The molecule has 0 radical (unpaired) electrons. The number of unbranched alkanes of at least 4 members (excludes halogenated alkanes) is 9. The fraction of sp³-hybridized carbons (Fsp3) is 0.579. The van der Waals surface area contributed by atoms with Crippen LogP contribution in [0.2, 0.25) is 0 Å². The van der Waals surface area contributed by atoms with Crippen molar-refractivity contribution in [2.45, 2.75) is 71.1 Å². The fourth-order valence-electron chi connectivity index (χ4n) is 2.42. The molecule has 0 saturated heterocycles. The average Bonchev–Trinajstić information content (AvgIpc) is 2.53. The molecule has 3 heteroatoms. The van der Waals surface area contributed by atoms with E-state index < -0.39 is 5.97 Å². The van der Waals surface area contributed by atoms with Crippen molar-refractivity contribution in [1.82, 2.24) is 4.98 Å². The third-order valence-electron chi connectivity index (χ3n) is 3.79. The van der Waals surface area contributed by atoms with Crippen LogP contribution in [-0.4, -0.2) is 16.1 Å². The fourth-order valence-corrected chi connectivity index (χ4v) is 2.42. The Labute approximate surface area is 134 Å². The number of pyridine rings is 1. The summed E-state index contributed by atoms with van der Waals surface area (Å²) in [6.07, 6.45) is 19.0. The van der Waals surface area contributed by atoms with Crippen LogP contribution in [0.25, 0.3) is 6.08 Å². The van der Waals surface area contributed by atoms with Gasteiger partial charge in [0.25, 0.3) is 0 Å². The maximum Gasteiger partial charge on any atom is 0.354 e. The topological polar surface area (TPSA) is 50.2 Å². The molecule has 0 saturated carbocycles. The molecule has 0 atom stereocenters. The smallest absolute Gasteiger partial charge is 0.354 e. The molecule has 1 rings (SSSR count). The van der Waals surface area contributed by atoms with E-state index in [0.717, 1.165) is 12.0 Å². The predicted octanol–water partition coefficient (Wildman–Crippen LogP) is 5.71. The largest absolute Gasteiger partial charge is 0.477 e. The van der Waals surface area contributed by atoms with Gasteiger partial charge in [-0.15, -0.1) is 0 Å². The number of hydrogen-bond donors (Lipinski definition) is 1. The number of nitrogens with zero attached hydrogens (tertiary/aromatic N) is 1. The lowest BCUT2D eigenvalue weighted by atomic mass is 10.1. The Kier molecular flexibility index (Phi) is 10.0. The summed E-state index contributed by atoms with van der Waals surface area (Å²) in [5, 5.41) is 8.77. The summed E-state index contributed by atoms with van der Waals surface area (Å²) in [6, 6.07) is 3.34. The molecule has 1 N–H and O–H groups in total. The minimum atomic E-state index is -0.981. The van der Waals surface area contributed by atoms with Gasteiger partial charge in [-0.2, -0.15) is 0 Å². The Morgan fingerprint density at radius 2 is 1.68 bits per heavy atom. The highest BCUT2D eigenvalue weighted by molar-refractivity contribution is 5.85. The first-order valence-corrected chi connectivity index (χ1v) is 8.60. The van der Waals surface area contributed by atoms with Gasteiger partial charge in [0.1, 0.15) is 5.69 Å². The number of aromatic nitrogens is 1. The van der Waals surface area contributed by atoms with E-state index in [1.807, 2.05) is 6.08 Å². The number of carbonyl (C=O) groups is 1. The second-order valence-electron chi connectivity index (χ2n) is 5.80. The minimum Gasteiger partial charge on any atom is -0.477 e. The highest BCUT2D eigenvalue weighted by Gasteiger charge is 2.01. The number of carboxylic acid groups (broad SMARTS) is 1. The Bertz CT molecular complexity index is 437. The summed E-state index contributed by atoms with van der Waals surface area (Å²) in [4.78, 5) is 14.6. The normalized spacial score (nSPS) is 11.1. The third kappa shape index (κ3) is 8.60. The zero-order valence-electron chi connectivity index (χ0n) is 13.8. The molecule has 0 aliphatic rings. The zero-order valence-corrected chi connectivity index (χ0v) is 13.8. The van der Waals surface area contributed by atoms with Crippen molar-refractivity contribution < 1.29 is 9.90 Å². The summed E-state index contributed by atoms with van der Waals surface area (Å²) in [7, 11) is 0. The van der Waals surface area contributed by atoms with E-state index >= 15 is 0 Å². The van der Waals surface area contributed by atoms with E-state index in [1.165, 1.54) is 57.8 Å². The molecule has 0 spiro atoms. The summed E-state index contributed by atoms with van der Waals surface area (Å²) in [6.45, 7) is 2.25. The molecule has 3 nitrogen and oxygen atoms in total. The van der Waals surface area contributed by atoms with Crippen LogP contribution in [0.15, 0.2) is 24.4 Å². The highest BCUT2D eigenvalue weighted by atomic mass is 16.4. The van der Waals surface area contributed by atoms with E-state index in [-0.39, 0.29) is 5.69 Å². The number of hydrogen-bond acceptors (Lipinski definition) is 2. The maximum atomic E-state index is 10.7. The summed E-state index contributed by atoms with van der Waals surface area (Å²) >= 11 is 0. The van der Waals surface area contributed by atoms with Crippen molar-refractivity contribution in [3.8, 4) is 0 Å². The molecule has 22 heavy (non-hydrogen) atoms. The monoisotopic (exact) mass is 303 g/mol. The van der Waals surface area contributed by atoms with Crippen LogP contribution in [0.4, 0.5) is 0 Å². The molecule has 122 valence electrons. The number of allylic oxidation sites excluding steroid dienone is 1. The minimum absolute atomic E-state index is 0.0936. The van der Waals surface area contributed by atoms with Crippen molar-refractivity contribution in [3.05, 3.63) is 35.7 Å². The molecule has 1 heterocycles. The maximum absolute atomic E-state index is 10.7. The lowest BCUT2D eigenvalue weighted by Crippen LogP contribution is -1.98. The van der Waals surface area contributed by atoms with Crippen molar-refractivity contribution in [1.29, 1.82) is 0 Å². The Morgan fingerprint density at radius 1 is 1.05 bits per heavy atom. The molecule has 0 bridgehead atoms. The number of carboxylic acids is 1. The molecule has 0 aliphatic carbocycles. The van der Waals surface area contributed by atoms with Gasteiger partial charge in [0.05, 0.1) is 0 Å². The van der Waals surface area contributed by atoms with Crippen LogP contribution in [0.1, 0.15) is 87.2 Å². The standard InChI is InChI=1S/C19H29NO2/c1-2-3-4-5-6-7-8-9-10-11-12-13-17-14-15-18(19(21)22)20-16-17/h12-16H,2-11H2,1H3,(H,21,22)/b13-12+. The second kappa shape index (κ2) is 12.0. The summed E-state index contributed by atoms with van der Waals surface area (Å²) < 4.78 is 0. The molecular formula is C19H29NO2. The van der Waals surface area contributed by atoms with E-state index in [4.69, 9.17) is 5.11 Å². The van der Waals surface area contributed by atoms with Crippen LogP contribution in [0.5, 0.6) is 0 Å². The van der Waals surface area contributed by atoms with Crippen LogP contribution >= 0.6 is 0 Å². The van der Waals surface area contributed by atoms with Gasteiger partial charge in [-0.3, -0.25) is 0 Å². The van der Waals surface area contributed by atoms with Crippen LogP contribution in [0.3, 0.4) is 0 Å². The Morgan fingerprint density at radius 3 is 2.23 bits per heavy atom. The quantitative estimate of drug-likeness (QED) is 0.503. The Balaban J connectivity index is 2.03. The zero-order chi connectivity index (χ0) is 16.0. The predicted molar refractivity (Wildman–Crippen MR) is 92.1 cm³/mol. The van der Waals surface area contributed by atoms with Gasteiger partial charge in [0.15, 0.2) is 0 Å². The van der Waals surface area contributed by atoms with Crippen LogP contribution in [-0.2, 0) is 0 Å². The SMILES string of the molecule is CCCCCCCCCCC/C=C/c1ccc(C(=O)O)nc1. The third-order valence-corrected chi connectivity index (χ3v) is 3.79. The van der Waals surface area contributed by atoms with Crippen molar-refractivity contribution in [2.75, 3.05) is 0 Å². The molecular weight excluding hydrogens is 274 g/mol. The van der Waals surface area contributed by atoms with Crippen molar-refractivity contribution >= 4 is 12.0 Å². The van der Waals surface area contributed by atoms with Gasteiger partial charge in [-0.05, 0) is 24.5 Å². The van der Waals surface area contributed by atoms with Gasteiger partial charge in [0.2, 0.25) is 0 Å². The lowest BCUT2D eigenvalue weighted by Gasteiger charge is -2.00. The number of aromatic carboxylic acids is 1. The van der Waals surface area contributed by atoms with Gasteiger partial charge < -0.3 is 5.11 Å². The van der Waals surface area contributed by atoms with Crippen molar-refractivity contribution in [3.63, 3.8) is 0 Å². The summed E-state index contributed by atoms with van der Waals surface area (Å²) in [5.41, 5.74) is 1.05. The lowest BCUT2D eigenvalue weighted by molar-refractivity contribution is 0.0690. The van der Waals surface area contributed by atoms with Crippen molar-refractivity contribution in [2.24, 2.45) is 0 Å². The van der Waals surface area contributed by atoms with Gasteiger partial charge in [-0.1, -0.05) is 76.5 Å². The van der Waals surface area contributed by atoms with E-state index in [9.17, 15) is 4.79 Å². The van der Waals surface area contributed by atoms with E-state index in [2.05, 4.69) is 18.0 Å². The molecule has 0 unspecified atom stereocenters. The van der Waals surface area contributed by atoms with E-state index in [0.29, 0.717) is 0 Å². The van der Waals surface area contributed by atoms with Crippen LogP contribution in [0, 0.1) is 0 Å². The van der Waals surface area contributed by atoms with Gasteiger partial charge in [-0.25, -0.2) is 9.78 Å². The van der Waals surface area contributed by atoms with E-state index in [1.54, 1.807) is 18.3 Å². The Hall–Kier alpha value is -1.64. The molecule has 1 aromatic rings. The molecule has 0 fully saturated rings. The van der Waals surface area contributed by atoms with Crippen LogP contribution < -0.4 is 0 Å². The molecule has 0 aromatic carbocycles. The molecule has 0 aliphatic heterocycles. The number of rotatable bonds is 12. The first kappa shape index (κ1) is 18.4. The first-order valence-electron chi connectivity index (χ1n) is 8.60. The summed E-state index contributed by atoms with van der Waals surface area (Å²) in [5.74, 6) is -0.981. The first-order chi connectivity index (χ1) is 10.7. The average molecular weight is 303 g/mol. The molecule has 0 amide bonds. The molecule has 1 aromatic heterocycles. The highest BCUT2D eigenvalue weighted by Crippen LogP contribution is 2.11. The second-order valence-corrected chi connectivity index (χ2v) is 5.80. The van der Waals surface area contributed by atoms with Gasteiger partial charge in [0, 0.05) is 6.20 Å². The van der Waals surface area contributed by atoms with Gasteiger partial charge >= 0.3 is 5.97 Å².